The van der Waals surface area contributed by atoms with Crippen molar-refractivity contribution in [2.45, 2.75) is 27.2 Å². The van der Waals surface area contributed by atoms with E-state index in [4.69, 9.17) is 4.74 Å². The molecule has 0 spiro atoms. The highest BCUT2D eigenvalue weighted by molar-refractivity contribution is 5.90. The van der Waals surface area contributed by atoms with E-state index in [0.29, 0.717) is 12.2 Å². The molecule has 0 saturated carbocycles. The molecule has 7 heteroatoms. The van der Waals surface area contributed by atoms with Crippen molar-refractivity contribution in [1.82, 2.24) is 0 Å². The number of carbonyl (C=O) groups excluding carboxylic acids is 2. The summed E-state index contributed by atoms with van der Waals surface area (Å²) in [5.41, 5.74) is 2.01. The van der Waals surface area contributed by atoms with Crippen LogP contribution in [0.5, 0.6) is 0 Å². The highest BCUT2D eigenvalue weighted by Gasteiger charge is 2.15. The number of ether oxygens (including phenoxy) is 2. The summed E-state index contributed by atoms with van der Waals surface area (Å²) in [5, 5.41) is 4.12. The molecule has 0 aromatic heterocycles. The fourth-order valence-electron chi connectivity index (χ4n) is 1.55. The minimum Gasteiger partial charge on any atom is -0.430 e. The minimum atomic E-state index is -1.12. The molecule has 1 aromatic rings. The van der Waals surface area contributed by atoms with Crippen molar-refractivity contribution in [3.63, 3.8) is 0 Å². The van der Waals surface area contributed by atoms with Crippen LogP contribution in [0.1, 0.15) is 34.8 Å². The maximum atomic E-state index is 11.7. The first-order chi connectivity index (χ1) is 10.6. The van der Waals surface area contributed by atoms with Crippen molar-refractivity contribution >= 4 is 12.1 Å². The van der Waals surface area contributed by atoms with E-state index in [1.54, 1.807) is 19.1 Å². The van der Waals surface area contributed by atoms with Gasteiger partial charge >= 0.3 is 12.1 Å². The summed E-state index contributed by atoms with van der Waals surface area (Å²) in [6.07, 6.45) is -0.240. The number of carbonyl (C=O) groups is 2. The Labute approximate surface area is 128 Å². The molecule has 0 heterocycles. The third kappa shape index (κ3) is 6.11. The first kappa shape index (κ1) is 17.9. The quantitative estimate of drug-likeness (QED) is 0.316. The molecule has 0 N–H and O–H groups in total. The summed E-state index contributed by atoms with van der Waals surface area (Å²) in [6.45, 7) is 6.47. The van der Waals surface area contributed by atoms with E-state index >= 15 is 0 Å². The minimum absolute atomic E-state index is 0.0210. The SMILES string of the molecule is CCCOCCOC(=O)OOOC(=O)c1cccc(C)c1C. The molecular formula is C15H20O7. The number of benzene rings is 1. The zero-order valence-electron chi connectivity index (χ0n) is 12.9. The van der Waals surface area contributed by atoms with E-state index in [0.717, 1.165) is 17.5 Å². The summed E-state index contributed by atoms with van der Waals surface area (Å²) in [6, 6.07) is 5.16. The van der Waals surface area contributed by atoms with Crippen molar-refractivity contribution in [1.29, 1.82) is 0 Å². The molecule has 0 aliphatic carbocycles. The standard InChI is InChI=1S/C15H20O7/c1-4-8-18-9-10-19-15(17)21-22-20-14(16)13-7-5-6-11(2)12(13)3/h5-7H,4,8-10H2,1-3H3. The second kappa shape index (κ2) is 9.75. The molecule has 0 atom stereocenters. The van der Waals surface area contributed by atoms with Crippen LogP contribution in [-0.4, -0.2) is 31.9 Å². The Kier molecular flexibility index (Phi) is 7.95. The van der Waals surface area contributed by atoms with Gasteiger partial charge in [-0.15, -0.1) is 0 Å². The number of hydrogen-bond donors (Lipinski definition) is 0. The Morgan fingerprint density at radius 3 is 2.55 bits per heavy atom. The van der Waals surface area contributed by atoms with Crippen LogP contribution < -0.4 is 0 Å². The van der Waals surface area contributed by atoms with Gasteiger partial charge in [-0.3, -0.25) is 4.89 Å². The Balaban J connectivity index is 2.24. The molecule has 0 aliphatic rings. The largest absolute Gasteiger partial charge is 0.543 e. The van der Waals surface area contributed by atoms with Gasteiger partial charge in [0.25, 0.3) is 0 Å². The molecule has 1 rings (SSSR count). The Morgan fingerprint density at radius 1 is 1.05 bits per heavy atom. The molecule has 0 radical (unpaired) electrons. The highest BCUT2D eigenvalue weighted by atomic mass is 17.5. The van der Waals surface area contributed by atoms with E-state index < -0.39 is 12.1 Å². The van der Waals surface area contributed by atoms with Gasteiger partial charge in [-0.25, -0.2) is 14.5 Å². The predicted octanol–water partition coefficient (Wildman–Crippen LogP) is 2.89. The number of rotatable bonds is 8. The van der Waals surface area contributed by atoms with Gasteiger partial charge in [-0.05, 0) is 37.5 Å². The van der Waals surface area contributed by atoms with Gasteiger partial charge in [-0.1, -0.05) is 19.1 Å². The van der Waals surface area contributed by atoms with Crippen LogP contribution in [0.2, 0.25) is 0 Å². The normalized spacial score (nSPS) is 10.1. The molecule has 0 unspecified atom stereocenters. The summed E-state index contributed by atoms with van der Waals surface area (Å²) >= 11 is 0. The Morgan fingerprint density at radius 2 is 1.82 bits per heavy atom. The Bertz CT molecular complexity index is 499. The maximum Gasteiger partial charge on any atom is 0.543 e. The molecule has 122 valence electrons. The van der Waals surface area contributed by atoms with Gasteiger partial charge in [0, 0.05) is 6.61 Å². The molecule has 0 amide bonds. The molecule has 1 aromatic carbocycles. The summed E-state index contributed by atoms with van der Waals surface area (Å²) in [5.74, 6) is -0.764. The van der Waals surface area contributed by atoms with E-state index in [-0.39, 0.29) is 13.2 Å². The van der Waals surface area contributed by atoms with E-state index in [1.165, 1.54) is 0 Å². The molecule has 0 fully saturated rings. The zero-order chi connectivity index (χ0) is 16.4. The van der Waals surface area contributed by atoms with Gasteiger partial charge < -0.3 is 9.47 Å². The lowest BCUT2D eigenvalue weighted by Gasteiger charge is -2.07. The summed E-state index contributed by atoms with van der Waals surface area (Å²) in [4.78, 5) is 31.4. The third-order valence-electron chi connectivity index (χ3n) is 2.83. The van der Waals surface area contributed by atoms with E-state index in [1.807, 2.05) is 19.9 Å². The Hall–Kier alpha value is -2.12. The average Bonchev–Trinajstić information content (AvgIpc) is 2.49. The number of hydrogen-bond acceptors (Lipinski definition) is 7. The van der Waals surface area contributed by atoms with Gasteiger partial charge in [0.15, 0.2) is 0 Å². The molecule has 7 nitrogen and oxygen atoms in total. The molecule has 0 bridgehead atoms. The van der Waals surface area contributed by atoms with Crippen LogP contribution in [0, 0.1) is 13.8 Å². The predicted molar refractivity (Wildman–Crippen MR) is 76.0 cm³/mol. The van der Waals surface area contributed by atoms with Crippen LogP contribution >= 0.6 is 0 Å². The fourth-order valence-corrected chi connectivity index (χ4v) is 1.55. The van der Waals surface area contributed by atoms with E-state index in [9.17, 15) is 9.59 Å². The molecular weight excluding hydrogens is 292 g/mol. The smallest absolute Gasteiger partial charge is 0.430 e. The zero-order valence-corrected chi connectivity index (χ0v) is 12.9. The van der Waals surface area contributed by atoms with E-state index in [2.05, 4.69) is 19.6 Å². The summed E-state index contributed by atoms with van der Waals surface area (Å²) in [7, 11) is 0. The fraction of sp³-hybridized carbons (Fsp3) is 0.467. The summed E-state index contributed by atoms with van der Waals surface area (Å²) < 4.78 is 9.72. The molecule has 0 aliphatic heterocycles. The topological polar surface area (TPSA) is 80.3 Å². The van der Waals surface area contributed by atoms with Gasteiger partial charge in [-0.2, -0.15) is 0 Å². The van der Waals surface area contributed by atoms with Crippen molar-refractivity contribution in [3.05, 3.63) is 34.9 Å². The lowest BCUT2D eigenvalue weighted by atomic mass is 10.0. The van der Waals surface area contributed by atoms with Crippen LogP contribution in [0.15, 0.2) is 18.2 Å². The lowest BCUT2D eigenvalue weighted by Crippen LogP contribution is -2.15. The lowest BCUT2D eigenvalue weighted by molar-refractivity contribution is -0.452. The number of aryl methyl sites for hydroxylation is 1. The average molecular weight is 312 g/mol. The van der Waals surface area contributed by atoms with Crippen molar-refractivity contribution in [2.24, 2.45) is 0 Å². The van der Waals surface area contributed by atoms with Gasteiger partial charge in [0.05, 0.1) is 17.2 Å². The molecule has 0 saturated heterocycles. The third-order valence-corrected chi connectivity index (χ3v) is 2.83. The first-order valence-electron chi connectivity index (χ1n) is 6.92. The second-order valence-electron chi connectivity index (χ2n) is 4.48. The van der Waals surface area contributed by atoms with Gasteiger partial charge in [0.2, 0.25) is 0 Å². The van der Waals surface area contributed by atoms with Crippen molar-refractivity contribution in [3.8, 4) is 0 Å². The van der Waals surface area contributed by atoms with Gasteiger partial charge in [0.1, 0.15) is 6.61 Å². The van der Waals surface area contributed by atoms with Crippen molar-refractivity contribution in [2.75, 3.05) is 19.8 Å². The van der Waals surface area contributed by atoms with Crippen LogP contribution in [-0.2, 0) is 24.3 Å². The highest BCUT2D eigenvalue weighted by Crippen LogP contribution is 2.13. The molecule has 22 heavy (non-hydrogen) atoms. The van der Waals surface area contributed by atoms with Crippen molar-refractivity contribution < 1.29 is 33.9 Å². The monoisotopic (exact) mass is 312 g/mol. The second-order valence-corrected chi connectivity index (χ2v) is 4.48. The maximum absolute atomic E-state index is 11.7. The first-order valence-corrected chi connectivity index (χ1v) is 6.92. The van der Waals surface area contributed by atoms with Crippen LogP contribution in [0.3, 0.4) is 0 Å². The van der Waals surface area contributed by atoms with Crippen LogP contribution in [0.4, 0.5) is 4.79 Å². The van der Waals surface area contributed by atoms with Crippen LogP contribution in [0.25, 0.3) is 0 Å².